The van der Waals surface area contributed by atoms with E-state index >= 15 is 0 Å². The van der Waals surface area contributed by atoms with E-state index in [1.165, 1.54) is 17.0 Å². The van der Waals surface area contributed by atoms with E-state index in [1.54, 1.807) is 30.5 Å². The first-order valence-corrected chi connectivity index (χ1v) is 7.51. The Morgan fingerprint density at radius 2 is 2.14 bits per heavy atom. The molecule has 4 nitrogen and oxygen atoms in total. The first kappa shape index (κ1) is 18.7. The van der Waals surface area contributed by atoms with Crippen molar-refractivity contribution in [2.75, 3.05) is 20.2 Å². The van der Waals surface area contributed by atoms with Gasteiger partial charge in [-0.05, 0) is 23.6 Å². The van der Waals surface area contributed by atoms with Crippen LogP contribution in [0.5, 0.6) is 5.75 Å². The van der Waals surface area contributed by atoms with E-state index in [9.17, 15) is 4.39 Å². The van der Waals surface area contributed by atoms with E-state index in [1.807, 2.05) is 11.4 Å². The van der Waals surface area contributed by atoms with Crippen LogP contribution in [0.2, 0.25) is 0 Å². The summed E-state index contributed by atoms with van der Waals surface area (Å²) in [5.74, 6) is 0.943. The Hall–Kier alpha value is -1.35. The average Bonchev–Trinajstić information content (AvgIpc) is 3.00. The highest BCUT2D eigenvalue weighted by Gasteiger charge is 1.99. The van der Waals surface area contributed by atoms with Gasteiger partial charge in [-0.15, -0.1) is 35.3 Å². The maximum atomic E-state index is 13.0. The van der Waals surface area contributed by atoms with Crippen LogP contribution < -0.4 is 15.4 Å². The molecule has 22 heavy (non-hydrogen) atoms. The van der Waals surface area contributed by atoms with Crippen LogP contribution in [0.25, 0.3) is 0 Å². The molecule has 1 heterocycles. The Morgan fingerprint density at radius 1 is 1.27 bits per heavy atom. The Balaban J connectivity index is 0.00000242. The van der Waals surface area contributed by atoms with Crippen LogP contribution in [0, 0.1) is 5.82 Å². The quantitative estimate of drug-likeness (QED) is 0.317. The van der Waals surface area contributed by atoms with Crippen LogP contribution in [0.1, 0.15) is 4.88 Å². The zero-order valence-electron chi connectivity index (χ0n) is 12.2. The first-order valence-electron chi connectivity index (χ1n) is 6.63. The number of nitrogens with zero attached hydrogens (tertiary/aromatic N) is 1. The molecule has 1 aromatic heterocycles. The number of ether oxygens (including phenoxy) is 1. The van der Waals surface area contributed by atoms with Crippen molar-refractivity contribution in [2.24, 2.45) is 4.99 Å². The molecular weight excluding hydrogens is 416 g/mol. The van der Waals surface area contributed by atoms with Crippen LogP contribution >= 0.6 is 35.3 Å². The van der Waals surface area contributed by atoms with Crippen LogP contribution in [0.4, 0.5) is 4.39 Å². The van der Waals surface area contributed by atoms with Crippen molar-refractivity contribution in [1.82, 2.24) is 10.6 Å². The Labute approximate surface area is 150 Å². The van der Waals surface area contributed by atoms with E-state index in [0.29, 0.717) is 24.9 Å². The maximum Gasteiger partial charge on any atom is 0.191 e. The summed E-state index contributed by atoms with van der Waals surface area (Å²) in [6.45, 7) is 1.76. The predicted molar refractivity (Wildman–Crippen MR) is 99.8 cm³/mol. The molecule has 0 aliphatic heterocycles. The third-order valence-electron chi connectivity index (χ3n) is 2.69. The molecule has 7 heteroatoms. The SMILES string of the molecule is CN=C(NCCOc1cccc(F)c1)NCc1cccs1.I. The highest BCUT2D eigenvalue weighted by atomic mass is 127. The van der Waals surface area contributed by atoms with Gasteiger partial charge in [-0.1, -0.05) is 12.1 Å². The van der Waals surface area contributed by atoms with Gasteiger partial charge in [0.05, 0.1) is 13.1 Å². The highest BCUT2D eigenvalue weighted by Crippen LogP contribution is 2.11. The molecule has 2 aromatic rings. The summed E-state index contributed by atoms with van der Waals surface area (Å²) in [4.78, 5) is 5.37. The number of halogens is 2. The molecule has 0 fully saturated rings. The molecule has 0 aliphatic rings. The zero-order chi connectivity index (χ0) is 14.9. The molecule has 0 atom stereocenters. The lowest BCUT2D eigenvalue weighted by Gasteiger charge is -2.12. The number of rotatable bonds is 6. The molecule has 0 spiro atoms. The molecule has 0 aliphatic carbocycles. The lowest BCUT2D eigenvalue weighted by molar-refractivity contribution is 0.320. The molecule has 120 valence electrons. The van der Waals surface area contributed by atoms with E-state index in [0.717, 1.165) is 6.54 Å². The van der Waals surface area contributed by atoms with Gasteiger partial charge in [0.2, 0.25) is 0 Å². The number of benzene rings is 1. The van der Waals surface area contributed by atoms with Crippen LogP contribution in [0.3, 0.4) is 0 Å². The number of aliphatic imine (C=N–C) groups is 1. The van der Waals surface area contributed by atoms with Crippen molar-refractivity contribution in [3.05, 3.63) is 52.5 Å². The van der Waals surface area contributed by atoms with Crippen molar-refractivity contribution in [1.29, 1.82) is 0 Å². The molecule has 2 rings (SSSR count). The van der Waals surface area contributed by atoms with E-state index in [2.05, 4.69) is 21.7 Å². The molecule has 0 radical (unpaired) electrons. The van der Waals surface area contributed by atoms with Crippen molar-refractivity contribution < 1.29 is 9.13 Å². The van der Waals surface area contributed by atoms with Gasteiger partial charge in [-0.3, -0.25) is 4.99 Å². The number of hydrogen-bond acceptors (Lipinski definition) is 3. The van der Waals surface area contributed by atoms with Gasteiger partial charge in [0, 0.05) is 18.0 Å². The minimum atomic E-state index is -0.297. The summed E-state index contributed by atoms with van der Waals surface area (Å²) < 4.78 is 18.4. The van der Waals surface area contributed by atoms with Gasteiger partial charge < -0.3 is 15.4 Å². The monoisotopic (exact) mass is 435 g/mol. The summed E-state index contributed by atoms with van der Waals surface area (Å²) in [6.07, 6.45) is 0. The lowest BCUT2D eigenvalue weighted by atomic mass is 10.3. The fourth-order valence-corrected chi connectivity index (χ4v) is 2.34. The van der Waals surface area contributed by atoms with Crippen LogP contribution in [0.15, 0.2) is 46.8 Å². The van der Waals surface area contributed by atoms with Gasteiger partial charge in [0.1, 0.15) is 18.2 Å². The topological polar surface area (TPSA) is 45.7 Å². The van der Waals surface area contributed by atoms with Gasteiger partial charge in [-0.25, -0.2) is 4.39 Å². The molecule has 0 bridgehead atoms. The number of nitrogens with one attached hydrogen (secondary N) is 2. The van der Waals surface area contributed by atoms with Crippen molar-refractivity contribution >= 4 is 41.3 Å². The van der Waals surface area contributed by atoms with Gasteiger partial charge in [0.25, 0.3) is 0 Å². The van der Waals surface area contributed by atoms with E-state index in [-0.39, 0.29) is 29.8 Å². The molecule has 0 amide bonds. The summed E-state index contributed by atoms with van der Waals surface area (Å²) in [5, 5.41) is 8.40. The average molecular weight is 435 g/mol. The minimum absolute atomic E-state index is 0. The van der Waals surface area contributed by atoms with Crippen LogP contribution in [-0.2, 0) is 6.54 Å². The fraction of sp³-hybridized carbons (Fsp3) is 0.267. The lowest BCUT2D eigenvalue weighted by Crippen LogP contribution is -2.38. The van der Waals surface area contributed by atoms with E-state index < -0.39 is 0 Å². The number of thiophene rings is 1. The number of guanidine groups is 1. The second kappa shape index (κ2) is 10.4. The Bertz CT molecular complexity index is 578. The van der Waals surface area contributed by atoms with Gasteiger partial charge in [-0.2, -0.15) is 0 Å². The van der Waals surface area contributed by atoms with Crippen molar-refractivity contribution in [3.63, 3.8) is 0 Å². The Kier molecular flexibility index (Phi) is 8.83. The minimum Gasteiger partial charge on any atom is -0.492 e. The summed E-state index contributed by atoms with van der Waals surface area (Å²) in [6, 6.07) is 10.2. The van der Waals surface area contributed by atoms with Crippen LogP contribution in [-0.4, -0.2) is 26.2 Å². The van der Waals surface area contributed by atoms with Gasteiger partial charge in [0.15, 0.2) is 5.96 Å². The first-order chi connectivity index (χ1) is 10.3. The molecule has 0 saturated carbocycles. The zero-order valence-corrected chi connectivity index (χ0v) is 15.4. The highest BCUT2D eigenvalue weighted by molar-refractivity contribution is 14.0. The molecular formula is C15H19FIN3OS. The fourth-order valence-electron chi connectivity index (χ4n) is 1.70. The molecule has 2 N–H and O–H groups in total. The van der Waals surface area contributed by atoms with E-state index in [4.69, 9.17) is 4.74 Å². The molecule has 1 aromatic carbocycles. The summed E-state index contributed by atoms with van der Waals surface area (Å²) in [5.41, 5.74) is 0. The molecule has 0 saturated heterocycles. The number of hydrogen-bond donors (Lipinski definition) is 2. The third kappa shape index (κ3) is 6.61. The smallest absolute Gasteiger partial charge is 0.191 e. The second-order valence-corrected chi connectivity index (χ2v) is 5.27. The second-order valence-electron chi connectivity index (χ2n) is 4.24. The predicted octanol–water partition coefficient (Wildman–Crippen LogP) is 3.25. The van der Waals surface area contributed by atoms with Gasteiger partial charge >= 0.3 is 0 Å². The molecule has 0 unspecified atom stereocenters. The summed E-state index contributed by atoms with van der Waals surface area (Å²) >= 11 is 1.70. The standard InChI is InChI=1S/C15H18FN3OS.HI/c1-17-15(19-11-14-6-3-9-21-14)18-7-8-20-13-5-2-4-12(16)10-13;/h2-6,9-10H,7-8,11H2,1H3,(H2,17,18,19);1H. The Morgan fingerprint density at radius 3 is 2.82 bits per heavy atom. The van der Waals surface area contributed by atoms with Crippen molar-refractivity contribution in [2.45, 2.75) is 6.54 Å². The normalized spacial score (nSPS) is 10.7. The largest absolute Gasteiger partial charge is 0.492 e. The maximum absolute atomic E-state index is 13.0. The third-order valence-corrected chi connectivity index (χ3v) is 3.57. The van der Waals surface area contributed by atoms with Crippen molar-refractivity contribution in [3.8, 4) is 5.75 Å². The summed E-state index contributed by atoms with van der Waals surface area (Å²) in [7, 11) is 1.72.